The third-order valence-corrected chi connectivity index (χ3v) is 5.45. The summed E-state index contributed by atoms with van der Waals surface area (Å²) in [5, 5.41) is 13.8. The molecule has 0 radical (unpaired) electrons. The smallest absolute Gasteiger partial charge is 0.299 e. The summed E-state index contributed by atoms with van der Waals surface area (Å²) in [6.45, 7) is 2.62. The van der Waals surface area contributed by atoms with Crippen LogP contribution in [0.4, 0.5) is 0 Å². The minimum absolute atomic E-state index is 0.105. The van der Waals surface area contributed by atoms with Crippen LogP contribution < -0.4 is 5.69 Å². The number of nitriles is 1. The van der Waals surface area contributed by atoms with E-state index < -0.39 is 0 Å². The quantitative estimate of drug-likeness (QED) is 0.705. The van der Waals surface area contributed by atoms with Gasteiger partial charge in [-0.2, -0.15) is 10.4 Å². The van der Waals surface area contributed by atoms with Gasteiger partial charge in [0.05, 0.1) is 17.3 Å². The Morgan fingerprint density at radius 3 is 2.46 bits per heavy atom. The molecule has 6 heteroatoms. The molecule has 1 saturated heterocycles. The van der Waals surface area contributed by atoms with Gasteiger partial charge in [-0.3, -0.25) is 4.90 Å². The molecule has 142 valence electrons. The number of piperidine rings is 1. The molecule has 0 saturated carbocycles. The third-order valence-electron chi connectivity index (χ3n) is 5.45. The van der Waals surface area contributed by atoms with Crippen LogP contribution in [0.25, 0.3) is 5.69 Å². The lowest BCUT2D eigenvalue weighted by molar-refractivity contribution is 0.200. The fraction of sp³-hybridized carbons (Fsp3) is 0.318. The first-order valence-corrected chi connectivity index (χ1v) is 9.59. The summed E-state index contributed by atoms with van der Waals surface area (Å²) < 4.78 is 3.17. The summed E-state index contributed by atoms with van der Waals surface area (Å²) in [7, 11) is 1.71. The topological polar surface area (TPSA) is 66.8 Å². The van der Waals surface area contributed by atoms with Gasteiger partial charge in [0, 0.05) is 19.5 Å². The van der Waals surface area contributed by atoms with E-state index in [1.807, 2.05) is 54.6 Å². The van der Waals surface area contributed by atoms with E-state index in [2.05, 4.69) is 16.1 Å². The lowest BCUT2D eigenvalue weighted by Crippen LogP contribution is -2.34. The van der Waals surface area contributed by atoms with Crippen LogP contribution in [-0.4, -0.2) is 32.3 Å². The average molecular weight is 373 g/mol. The van der Waals surface area contributed by atoms with E-state index in [9.17, 15) is 10.1 Å². The van der Waals surface area contributed by atoms with Crippen molar-refractivity contribution in [2.45, 2.75) is 25.3 Å². The van der Waals surface area contributed by atoms with Crippen molar-refractivity contribution in [2.24, 2.45) is 7.05 Å². The van der Waals surface area contributed by atoms with Crippen LogP contribution in [0.1, 0.15) is 35.7 Å². The minimum atomic E-state index is -0.105. The van der Waals surface area contributed by atoms with Gasteiger partial charge in [0.1, 0.15) is 5.82 Å². The third kappa shape index (κ3) is 3.49. The van der Waals surface area contributed by atoms with Gasteiger partial charge >= 0.3 is 5.69 Å². The Hall–Kier alpha value is -3.17. The normalized spacial score (nSPS) is 15.4. The second-order valence-corrected chi connectivity index (χ2v) is 7.25. The Bertz CT molecular complexity index is 1050. The summed E-state index contributed by atoms with van der Waals surface area (Å²) in [6.07, 6.45) is 1.88. The van der Waals surface area contributed by atoms with Gasteiger partial charge < -0.3 is 0 Å². The van der Waals surface area contributed by atoms with Crippen LogP contribution >= 0.6 is 0 Å². The van der Waals surface area contributed by atoms with Crippen molar-refractivity contribution in [3.8, 4) is 11.8 Å². The molecule has 1 aliphatic rings. The average Bonchev–Trinajstić information content (AvgIpc) is 3.04. The molecule has 1 fully saturated rings. The van der Waals surface area contributed by atoms with E-state index in [1.54, 1.807) is 11.6 Å². The van der Waals surface area contributed by atoms with Crippen LogP contribution in [0.2, 0.25) is 0 Å². The summed E-state index contributed by atoms with van der Waals surface area (Å²) in [5.74, 6) is 1.09. The van der Waals surface area contributed by atoms with Crippen molar-refractivity contribution in [3.05, 3.63) is 82.0 Å². The van der Waals surface area contributed by atoms with Crippen LogP contribution in [-0.2, 0) is 13.6 Å². The molecule has 0 aliphatic carbocycles. The molecule has 2 heterocycles. The Morgan fingerprint density at radius 1 is 1.07 bits per heavy atom. The van der Waals surface area contributed by atoms with E-state index in [1.165, 1.54) is 4.68 Å². The molecule has 0 atom stereocenters. The zero-order valence-electron chi connectivity index (χ0n) is 16.0. The van der Waals surface area contributed by atoms with Gasteiger partial charge in [0.2, 0.25) is 0 Å². The highest BCUT2D eigenvalue weighted by atomic mass is 16.2. The molecule has 0 bridgehead atoms. The van der Waals surface area contributed by atoms with Crippen molar-refractivity contribution in [1.82, 2.24) is 19.2 Å². The van der Waals surface area contributed by atoms with Crippen molar-refractivity contribution >= 4 is 0 Å². The maximum Gasteiger partial charge on any atom is 0.350 e. The van der Waals surface area contributed by atoms with E-state index >= 15 is 0 Å². The Labute approximate surface area is 164 Å². The van der Waals surface area contributed by atoms with E-state index in [0.29, 0.717) is 0 Å². The number of likely N-dealkylation sites (tertiary alicyclic amines) is 1. The molecular weight excluding hydrogens is 350 g/mol. The standard InChI is InChI=1S/C22H23N5O/c1-25-22(28)27(20-9-3-2-4-10-20)21(24-25)17-11-13-26(14-12-17)16-19-8-6-5-7-18(19)15-23/h2-10,17H,11-14,16H2,1H3. The lowest BCUT2D eigenvalue weighted by atomic mass is 9.95. The van der Waals surface area contributed by atoms with E-state index in [0.717, 1.165) is 55.1 Å². The Balaban J connectivity index is 1.51. The van der Waals surface area contributed by atoms with Crippen LogP contribution in [0.3, 0.4) is 0 Å². The van der Waals surface area contributed by atoms with Crippen molar-refractivity contribution < 1.29 is 0 Å². The van der Waals surface area contributed by atoms with Gasteiger partial charge in [0.25, 0.3) is 0 Å². The molecule has 3 aromatic rings. The predicted octanol–water partition coefficient (Wildman–Crippen LogP) is 2.82. The van der Waals surface area contributed by atoms with Gasteiger partial charge in [-0.15, -0.1) is 0 Å². The molecule has 0 unspecified atom stereocenters. The maximum absolute atomic E-state index is 12.6. The highest BCUT2D eigenvalue weighted by Gasteiger charge is 2.27. The lowest BCUT2D eigenvalue weighted by Gasteiger charge is -2.31. The number of nitrogens with zero attached hydrogens (tertiary/aromatic N) is 5. The highest BCUT2D eigenvalue weighted by Crippen LogP contribution is 2.28. The second kappa shape index (κ2) is 7.83. The maximum atomic E-state index is 12.6. The molecule has 0 N–H and O–H groups in total. The molecule has 0 spiro atoms. The van der Waals surface area contributed by atoms with Crippen LogP contribution in [0.5, 0.6) is 0 Å². The van der Waals surface area contributed by atoms with Crippen molar-refractivity contribution in [1.29, 1.82) is 5.26 Å². The second-order valence-electron chi connectivity index (χ2n) is 7.25. The number of benzene rings is 2. The van der Waals surface area contributed by atoms with Gasteiger partial charge in [-0.05, 0) is 49.7 Å². The van der Waals surface area contributed by atoms with Crippen molar-refractivity contribution in [2.75, 3.05) is 13.1 Å². The summed E-state index contributed by atoms with van der Waals surface area (Å²) >= 11 is 0. The molecule has 1 aliphatic heterocycles. The minimum Gasteiger partial charge on any atom is -0.299 e. The number of hydrogen-bond donors (Lipinski definition) is 0. The first kappa shape index (κ1) is 18.2. The fourth-order valence-electron chi connectivity index (χ4n) is 3.93. The van der Waals surface area contributed by atoms with Gasteiger partial charge in [-0.1, -0.05) is 36.4 Å². The SMILES string of the molecule is Cn1nc(C2CCN(Cc3ccccc3C#N)CC2)n(-c2ccccc2)c1=O. The molecule has 4 rings (SSSR count). The highest BCUT2D eigenvalue weighted by molar-refractivity contribution is 5.37. The zero-order valence-corrected chi connectivity index (χ0v) is 16.0. The summed E-state index contributed by atoms with van der Waals surface area (Å²) in [4.78, 5) is 15.0. The number of aromatic nitrogens is 3. The summed E-state index contributed by atoms with van der Waals surface area (Å²) in [5.41, 5.74) is 2.57. The molecule has 1 aromatic heterocycles. The zero-order chi connectivity index (χ0) is 19.5. The number of hydrogen-bond acceptors (Lipinski definition) is 4. The molecular formula is C22H23N5O. The number of aryl methyl sites for hydroxylation is 1. The molecule has 0 amide bonds. The number of para-hydroxylation sites is 1. The fourth-order valence-corrected chi connectivity index (χ4v) is 3.93. The van der Waals surface area contributed by atoms with E-state index in [4.69, 9.17) is 0 Å². The first-order chi connectivity index (χ1) is 13.7. The van der Waals surface area contributed by atoms with E-state index in [-0.39, 0.29) is 11.6 Å². The Morgan fingerprint density at radius 2 is 1.75 bits per heavy atom. The molecule has 6 nitrogen and oxygen atoms in total. The summed E-state index contributed by atoms with van der Waals surface area (Å²) in [6, 6.07) is 19.8. The van der Waals surface area contributed by atoms with Gasteiger partial charge in [0.15, 0.2) is 0 Å². The molecule has 28 heavy (non-hydrogen) atoms. The predicted molar refractivity (Wildman–Crippen MR) is 107 cm³/mol. The Kier molecular flexibility index (Phi) is 5.09. The van der Waals surface area contributed by atoms with Crippen molar-refractivity contribution in [3.63, 3.8) is 0 Å². The van der Waals surface area contributed by atoms with Gasteiger partial charge in [-0.25, -0.2) is 14.0 Å². The van der Waals surface area contributed by atoms with Crippen LogP contribution in [0.15, 0.2) is 59.4 Å². The first-order valence-electron chi connectivity index (χ1n) is 9.59. The molecule has 2 aromatic carbocycles. The monoisotopic (exact) mass is 373 g/mol. The van der Waals surface area contributed by atoms with Crippen LogP contribution in [0, 0.1) is 11.3 Å². The number of rotatable bonds is 4. The largest absolute Gasteiger partial charge is 0.350 e.